The molecule has 1 aliphatic rings. The van der Waals surface area contributed by atoms with Gasteiger partial charge in [-0.1, -0.05) is 19.3 Å². The summed E-state index contributed by atoms with van der Waals surface area (Å²) in [5, 5.41) is 2.96. The predicted octanol–water partition coefficient (Wildman–Crippen LogP) is 5.59. The number of fused-ring (bicyclic) bond motifs is 1. The molecule has 0 spiro atoms. The van der Waals surface area contributed by atoms with Crippen LogP contribution in [0.1, 0.15) is 42.5 Å². The van der Waals surface area contributed by atoms with Crippen LogP contribution in [0.15, 0.2) is 66.7 Å². The summed E-state index contributed by atoms with van der Waals surface area (Å²) in [5.41, 5.74) is 4.56. The van der Waals surface area contributed by atoms with Gasteiger partial charge in [-0.25, -0.2) is 14.8 Å². The zero-order valence-corrected chi connectivity index (χ0v) is 22.1. The average molecular weight is 526 g/mol. The number of esters is 1. The molecule has 0 atom stereocenters. The van der Waals surface area contributed by atoms with E-state index in [0.717, 1.165) is 48.3 Å². The van der Waals surface area contributed by atoms with Crippen LogP contribution < -0.4 is 14.8 Å². The lowest BCUT2D eigenvalue weighted by molar-refractivity contribution is -0.125. The molecule has 1 saturated carbocycles. The lowest BCUT2D eigenvalue weighted by Crippen LogP contribution is -2.38. The van der Waals surface area contributed by atoms with Crippen molar-refractivity contribution in [2.24, 2.45) is 0 Å². The van der Waals surface area contributed by atoms with Crippen molar-refractivity contribution in [1.82, 2.24) is 15.3 Å². The fourth-order valence-electron chi connectivity index (χ4n) is 4.81. The van der Waals surface area contributed by atoms with Crippen molar-refractivity contribution in [3.8, 4) is 34.0 Å². The molecule has 1 fully saturated rings. The van der Waals surface area contributed by atoms with Gasteiger partial charge in [0.25, 0.3) is 5.91 Å². The highest BCUT2D eigenvalue weighted by Crippen LogP contribution is 2.33. The summed E-state index contributed by atoms with van der Waals surface area (Å²) in [6, 6.07) is 20.4. The second kappa shape index (κ2) is 11.9. The maximum absolute atomic E-state index is 12.8. The molecule has 1 aromatic heterocycles. The minimum absolute atomic E-state index is 0.164. The Hall–Kier alpha value is -4.46. The molecule has 8 heteroatoms. The Labute approximate surface area is 227 Å². The number of methoxy groups -OCH3 is 2. The third-order valence-corrected chi connectivity index (χ3v) is 6.93. The number of nitrogens with zero attached hydrogens (tertiary/aromatic N) is 2. The minimum Gasteiger partial charge on any atom is -0.497 e. The van der Waals surface area contributed by atoms with E-state index in [0.29, 0.717) is 28.0 Å². The smallest absolute Gasteiger partial charge is 0.338 e. The van der Waals surface area contributed by atoms with E-state index in [-0.39, 0.29) is 18.6 Å². The number of benzene rings is 3. The molecule has 0 saturated heterocycles. The van der Waals surface area contributed by atoms with Crippen molar-refractivity contribution < 1.29 is 23.8 Å². The Balaban J connectivity index is 1.42. The summed E-state index contributed by atoms with van der Waals surface area (Å²) >= 11 is 0. The molecule has 5 rings (SSSR count). The molecule has 200 valence electrons. The number of ether oxygens (including phenoxy) is 3. The first-order chi connectivity index (χ1) is 19.0. The molecular weight excluding hydrogens is 494 g/mol. The fourth-order valence-corrected chi connectivity index (χ4v) is 4.81. The van der Waals surface area contributed by atoms with Gasteiger partial charge >= 0.3 is 5.97 Å². The number of hydrogen-bond donors (Lipinski definition) is 1. The van der Waals surface area contributed by atoms with Crippen molar-refractivity contribution in [2.75, 3.05) is 20.8 Å². The van der Waals surface area contributed by atoms with Crippen LogP contribution in [0.3, 0.4) is 0 Å². The summed E-state index contributed by atoms with van der Waals surface area (Å²) < 4.78 is 15.9. The average Bonchev–Trinajstić information content (AvgIpc) is 2.99. The zero-order valence-electron chi connectivity index (χ0n) is 22.1. The van der Waals surface area contributed by atoms with Crippen LogP contribution in [0.4, 0.5) is 0 Å². The van der Waals surface area contributed by atoms with Gasteiger partial charge in [0.1, 0.15) is 11.5 Å². The van der Waals surface area contributed by atoms with E-state index in [1.54, 1.807) is 32.4 Å². The molecule has 0 aliphatic heterocycles. The topological polar surface area (TPSA) is 99.6 Å². The molecule has 1 N–H and O–H groups in total. The number of nitrogens with one attached hydrogen (secondary N) is 1. The van der Waals surface area contributed by atoms with Gasteiger partial charge in [0.2, 0.25) is 0 Å². The number of amides is 1. The maximum Gasteiger partial charge on any atom is 0.338 e. The van der Waals surface area contributed by atoms with Crippen LogP contribution in [-0.2, 0) is 9.53 Å². The van der Waals surface area contributed by atoms with E-state index in [4.69, 9.17) is 24.2 Å². The van der Waals surface area contributed by atoms with Crippen LogP contribution >= 0.6 is 0 Å². The number of hydrogen-bond acceptors (Lipinski definition) is 7. The Bertz CT molecular complexity index is 1460. The summed E-state index contributed by atoms with van der Waals surface area (Å²) in [6.45, 7) is -0.313. The summed E-state index contributed by atoms with van der Waals surface area (Å²) in [4.78, 5) is 34.9. The SMILES string of the molecule is COc1ccc(-c2nc3ccc(C(=O)OCC(=O)NC4CCCCC4)cc3nc2-c2ccc(OC)cc2)cc1. The monoisotopic (exact) mass is 525 g/mol. The highest BCUT2D eigenvalue weighted by molar-refractivity contribution is 5.96. The molecule has 0 radical (unpaired) electrons. The lowest BCUT2D eigenvalue weighted by atomic mass is 9.95. The van der Waals surface area contributed by atoms with E-state index >= 15 is 0 Å². The molecule has 0 bridgehead atoms. The van der Waals surface area contributed by atoms with Gasteiger partial charge in [0, 0.05) is 17.2 Å². The van der Waals surface area contributed by atoms with E-state index in [9.17, 15) is 9.59 Å². The maximum atomic E-state index is 12.8. The third kappa shape index (κ3) is 6.17. The predicted molar refractivity (Wildman–Crippen MR) is 149 cm³/mol. The van der Waals surface area contributed by atoms with E-state index < -0.39 is 5.97 Å². The first kappa shape index (κ1) is 26.2. The van der Waals surface area contributed by atoms with E-state index in [1.165, 1.54) is 6.42 Å². The van der Waals surface area contributed by atoms with Gasteiger partial charge in [-0.15, -0.1) is 0 Å². The van der Waals surface area contributed by atoms with Crippen LogP contribution in [-0.4, -0.2) is 48.7 Å². The molecule has 4 aromatic rings. The quantitative estimate of drug-likeness (QED) is 0.300. The highest BCUT2D eigenvalue weighted by Gasteiger charge is 2.19. The molecule has 1 amide bonds. The fraction of sp³-hybridized carbons (Fsp3) is 0.290. The van der Waals surface area contributed by atoms with Crippen molar-refractivity contribution in [2.45, 2.75) is 38.1 Å². The largest absolute Gasteiger partial charge is 0.497 e. The van der Waals surface area contributed by atoms with Gasteiger partial charge in [0.05, 0.1) is 42.2 Å². The number of carbonyl (C=O) groups is 2. The van der Waals surface area contributed by atoms with Crippen LogP contribution in [0.5, 0.6) is 11.5 Å². The Kier molecular flexibility index (Phi) is 8.01. The second-order valence-corrected chi connectivity index (χ2v) is 9.56. The van der Waals surface area contributed by atoms with E-state index in [2.05, 4.69) is 5.32 Å². The van der Waals surface area contributed by atoms with Gasteiger partial charge in [-0.2, -0.15) is 0 Å². The van der Waals surface area contributed by atoms with Crippen molar-refractivity contribution in [1.29, 1.82) is 0 Å². The molecule has 0 unspecified atom stereocenters. The van der Waals surface area contributed by atoms with Crippen LogP contribution in [0, 0.1) is 0 Å². The first-order valence-corrected chi connectivity index (χ1v) is 13.1. The molecule has 8 nitrogen and oxygen atoms in total. The van der Waals surface area contributed by atoms with E-state index in [1.807, 2.05) is 48.5 Å². The number of carbonyl (C=O) groups excluding carboxylic acids is 2. The molecule has 3 aromatic carbocycles. The first-order valence-electron chi connectivity index (χ1n) is 13.1. The molecule has 39 heavy (non-hydrogen) atoms. The van der Waals surface area contributed by atoms with Crippen molar-refractivity contribution in [3.63, 3.8) is 0 Å². The van der Waals surface area contributed by atoms with Gasteiger partial charge < -0.3 is 19.5 Å². The minimum atomic E-state index is -0.581. The Morgan fingerprint density at radius 1 is 0.769 bits per heavy atom. The van der Waals surface area contributed by atoms with Gasteiger partial charge in [0.15, 0.2) is 6.61 Å². The molecule has 1 heterocycles. The summed E-state index contributed by atoms with van der Waals surface area (Å²) in [6.07, 6.45) is 5.37. The lowest BCUT2D eigenvalue weighted by Gasteiger charge is -2.22. The number of aromatic nitrogens is 2. The Morgan fingerprint density at radius 2 is 1.33 bits per heavy atom. The summed E-state index contributed by atoms with van der Waals surface area (Å²) in [7, 11) is 3.24. The van der Waals surface area contributed by atoms with Gasteiger partial charge in [-0.3, -0.25) is 4.79 Å². The summed E-state index contributed by atoms with van der Waals surface area (Å²) in [5.74, 6) is 0.620. The van der Waals surface area contributed by atoms with Gasteiger partial charge in [-0.05, 0) is 79.6 Å². The normalized spacial score (nSPS) is 13.6. The molecule has 1 aliphatic carbocycles. The van der Waals surface area contributed by atoms with Crippen molar-refractivity contribution in [3.05, 3.63) is 72.3 Å². The number of rotatable bonds is 8. The Morgan fingerprint density at radius 3 is 1.90 bits per heavy atom. The molecular formula is C31H31N3O5. The van der Waals surface area contributed by atoms with Crippen LogP contribution in [0.25, 0.3) is 33.5 Å². The zero-order chi connectivity index (χ0) is 27.2. The second-order valence-electron chi connectivity index (χ2n) is 9.56. The highest BCUT2D eigenvalue weighted by atomic mass is 16.5. The van der Waals surface area contributed by atoms with Crippen LogP contribution in [0.2, 0.25) is 0 Å². The van der Waals surface area contributed by atoms with Crippen molar-refractivity contribution >= 4 is 22.9 Å². The third-order valence-electron chi connectivity index (χ3n) is 6.93. The standard InChI is InChI=1S/C31H31N3O5/c1-37-24-13-8-20(9-14-24)29-30(21-10-15-25(38-2)16-11-21)34-27-18-22(12-17-26(27)33-29)31(36)39-19-28(35)32-23-6-4-3-5-7-23/h8-18,23H,3-7,19H2,1-2H3,(H,32,35).